The Labute approximate surface area is 136 Å². The van der Waals surface area contributed by atoms with Crippen LogP contribution in [0.25, 0.3) is 0 Å². The van der Waals surface area contributed by atoms with Gasteiger partial charge in [0.25, 0.3) is 0 Å². The molecule has 6 nitrogen and oxygen atoms in total. The molecule has 1 aromatic carbocycles. The number of benzene rings is 1. The Morgan fingerprint density at radius 2 is 2.14 bits per heavy atom. The number of hydrogen-bond donors (Lipinski definition) is 1. The maximum absolute atomic E-state index is 13.2. The number of rotatable bonds is 4. The van der Waals surface area contributed by atoms with Crippen molar-refractivity contribution < 1.29 is 14.1 Å². The van der Waals surface area contributed by atoms with Crippen LogP contribution in [0.1, 0.15) is 12.8 Å². The average Bonchev–Trinajstić information content (AvgIpc) is 3.01. The lowest BCUT2D eigenvalue weighted by Gasteiger charge is -2.17. The van der Waals surface area contributed by atoms with Crippen LogP contribution in [0.4, 0.5) is 15.8 Å². The van der Waals surface area contributed by atoms with Gasteiger partial charge in [-0.05, 0) is 25.0 Å². The van der Waals surface area contributed by atoms with E-state index in [-0.39, 0.29) is 17.3 Å². The molecule has 1 aliphatic heterocycles. The number of nitro groups is 1. The van der Waals surface area contributed by atoms with Crippen LogP contribution in [0.2, 0.25) is 0 Å². The highest BCUT2D eigenvalue weighted by molar-refractivity contribution is 8.23. The largest absolute Gasteiger partial charge is 0.358 e. The fourth-order valence-electron chi connectivity index (χ4n) is 2.05. The van der Waals surface area contributed by atoms with E-state index >= 15 is 0 Å². The number of hydrogen-bond acceptors (Lipinski definition) is 5. The summed E-state index contributed by atoms with van der Waals surface area (Å²) in [5.74, 6) is -1.17. The van der Waals surface area contributed by atoms with Crippen LogP contribution in [0, 0.1) is 15.9 Å². The number of halogens is 1. The molecule has 1 fully saturated rings. The zero-order valence-corrected chi connectivity index (χ0v) is 13.2. The Morgan fingerprint density at radius 1 is 1.45 bits per heavy atom. The van der Waals surface area contributed by atoms with Crippen LogP contribution in [0.15, 0.2) is 18.2 Å². The van der Waals surface area contributed by atoms with Gasteiger partial charge in [0.1, 0.15) is 4.32 Å². The van der Waals surface area contributed by atoms with Crippen LogP contribution in [0.3, 0.4) is 0 Å². The molecular weight excluding hydrogens is 329 g/mol. The minimum atomic E-state index is -0.937. The molecule has 0 radical (unpaired) electrons. The van der Waals surface area contributed by atoms with Gasteiger partial charge < -0.3 is 10.2 Å². The standard InChI is InChI=1S/C13H14FN3O3S2/c14-10-4-3-9(7-11(10)17(19)20)15-12(18)8-22-13(21)16-5-1-2-6-16/h3-4,7H,1-2,5-6,8H2,(H,15,18). The third-order valence-corrected chi connectivity index (χ3v) is 4.64. The average molecular weight is 343 g/mol. The molecule has 9 heteroatoms. The Hall–Kier alpha value is -1.74. The SMILES string of the molecule is O=C(CSC(=S)N1CCCC1)Nc1ccc(F)c([N+](=O)[O-])c1. The zero-order chi connectivity index (χ0) is 16.1. The molecule has 2 rings (SSSR count). The minimum Gasteiger partial charge on any atom is -0.358 e. The molecule has 1 N–H and O–H groups in total. The summed E-state index contributed by atoms with van der Waals surface area (Å²) in [6.07, 6.45) is 2.21. The molecule has 0 unspecified atom stereocenters. The molecule has 0 aliphatic carbocycles. The van der Waals surface area contributed by atoms with Crippen molar-refractivity contribution in [3.63, 3.8) is 0 Å². The Bertz CT molecular complexity index is 606. The Kier molecular flexibility index (Phi) is 5.67. The predicted molar refractivity (Wildman–Crippen MR) is 87.5 cm³/mol. The van der Waals surface area contributed by atoms with E-state index in [1.807, 2.05) is 0 Å². The van der Waals surface area contributed by atoms with Gasteiger partial charge in [-0.25, -0.2) is 0 Å². The number of nitrogens with one attached hydrogen (secondary N) is 1. The minimum absolute atomic E-state index is 0.112. The third-order valence-electron chi connectivity index (χ3n) is 3.12. The molecule has 0 spiro atoms. The molecule has 0 atom stereocenters. The van der Waals surface area contributed by atoms with Crippen LogP contribution in [0.5, 0.6) is 0 Å². The van der Waals surface area contributed by atoms with Crippen molar-refractivity contribution in [2.45, 2.75) is 12.8 Å². The number of amides is 1. The number of thiocarbonyl (C=S) groups is 1. The number of likely N-dealkylation sites (tertiary alicyclic amines) is 1. The van der Waals surface area contributed by atoms with Crippen LogP contribution < -0.4 is 5.32 Å². The fourth-order valence-corrected chi connectivity index (χ4v) is 3.10. The van der Waals surface area contributed by atoms with Crippen molar-refractivity contribution >= 4 is 45.6 Å². The van der Waals surface area contributed by atoms with Crippen LogP contribution in [-0.2, 0) is 4.79 Å². The van der Waals surface area contributed by atoms with Gasteiger partial charge in [0, 0.05) is 24.8 Å². The van der Waals surface area contributed by atoms with Gasteiger partial charge in [0.05, 0.1) is 10.7 Å². The molecule has 1 heterocycles. The van der Waals surface area contributed by atoms with Crippen molar-refractivity contribution in [3.8, 4) is 0 Å². The summed E-state index contributed by atoms with van der Waals surface area (Å²) in [7, 11) is 0. The lowest BCUT2D eigenvalue weighted by atomic mass is 10.2. The monoisotopic (exact) mass is 343 g/mol. The van der Waals surface area contributed by atoms with Crippen LogP contribution in [-0.4, -0.2) is 38.9 Å². The zero-order valence-electron chi connectivity index (χ0n) is 11.6. The molecule has 1 aromatic rings. The van der Waals surface area contributed by atoms with Crippen molar-refractivity contribution in [1.29, 1.82) is 0 Å². The lowest BCUT2D eigenvalue weighted by Crippen LogP contribution is -2.25. The smallest absolute Gasteiger partial charge is 0.306 e. The highest BCUT2D eigenvalue weighted by atomic mass is 32.2. The first kappa shape index (κ1) is 16.6. The highest BCUT2D eigenvalue weighted by Gasteiger charge is 2.17. The Balaban J connectivity index is 1.87. The van der Waals surface area contributed by atoms with E-state index in [4.69, 9.17) is 12.2 Å². The first-order chi connectivity index (χ1) is 10.5. The van der Waals surface area contributed by atoms with Gasteiger partial charge in [-0.3, -0.25) is 14.9 Å². The number of carbonyl (C=O) groups excluding carboxylic acids is 1. The predicted octanol–water partition coefficient (Wildman–Crippen LogP) is 2.79. The normalized spacial score (nSPS) is 14.0. The molecule has 22 heavy (non-hydrogen) atoms. The molecular formula is C13H14FN3O3S2. The molecule has 0 aromatic heterocycles. The van der Waals surface area contributed by atoms with E-state index in [2.05, 4.69) is 10.2 Å². The second-order valence-electron chi connectivity index (χ2n) is 4.72. The number of nitro benzene ring substituents is 1. The van der Waals surface area contributed by atoms with E-state index in [1.165, 1.54) is 17.8 Å². The second-order valence-corrected chi connectivity index (χ2v) is 6.33. The summed E-state index contributed by atoms with van der Waals surface area (Å²) in [4.78, 5) is 23.7. The summed E-state index contributed by atoms with van der Waals surface area (Å²) in [6.45, 7) is 1.83. The van der Waals surface area contributed by atoms with Gasteiger partial charge in [-0.1, -0.05) is 24.0 Å². The Morgan fingerprint density at radius 3 is 2.77 bits per heavy atom. The quantitative estimate of drug-likeness (QED) is 0.515. The first-order valence-electron chi connectivity index (χ1n) is 6.63. The van der Waals surface area contributed by atoms with Crippen LogP contribution >= 0.6 is 24.0 Å². The summed E-state index contributed by atoms with van der Waals surface area (Å²) in [5.41, 5.74) is -0.483. The summed E-state index contributed by atoms with van der Waals surface area (Å²) >= 11 is 6.49. The highest BCUT2D eigenvalue weighted by Crippen LogP contribution is 2.22. The number of nitrogens with zero attached hydrogens (tertiary/aromatic N) is 2. The summed E-state index contributed by atoms with van der Waals surface area (Å²) < 4.78 is 13.9. The van der Waals surface area contributed by atoms with Gasteiger partial charge in [0.2, 0.25) is 11.7 Å². The van der Waals surface area contributed by atoms with Crippen molar-refractivity contribution in [2.75, 3.05) is 24.2 Å². The molecule has 1 aliphatic rings. The van der Waals surface area contributed by atoms with E-state index in [1.54, 1.807) is 0 Å². The number of thioether (sulfide) groups is 1. The maximum atomic E-state index is 13.2. The van der Waals surface area contributed by atoms with E-state index in [9.17, 15) is 19.3 Å². The molecule has 1 amide bonds. The number of anilines is 1. The van der Waals surface area contributed by atoms with Crippen molar-refractivity contribution in [2.24, 2.45) is 0 Å². The molecule has 0 bridgehead atoms. The van der Waals surface area contributed by atoms with Gasteiger partial charge in [-0.15, -0.1) is 0 Å². The molecule has 118 valence electrons. The van der Waals surface area contributed by atoms with Gasteiger partial charge in [0.15, 0.2) is 0 Å². The van der Waals surface area contributed by atoms with Gasteiger partial charge in [-0.2, -0.15) is 4.39 Å². The van der Waals surface area contributed by atoms with Crippen molar-refractivity contribution in [3.05, 3.63) is 34.1 Å². The van der Waals surface area contributed by atoms with E-state index < -0.39 is 16.4 Å². The lowest BCUT2D eigenvalue weighted by molar-refractivity contribution is -0.387. The third kappa shape index (κ3) is 4.38. The first-order valence-corrected chi connectivity index (χ1v) is 8.02. The van der Waals surface area contributed by atoms with E-state index in [0.29, 0.717) is 4.32 Å². The number of carbonyl (C=O) groups is 1. The topological polar surface area (TPSA) is 75.5 Å². The second kappa shape index (κ2) is 7.50. The molecule has 0 saturated carbocycles. The maximum Gasteiger partial charge on any atom is 0.306 e. The van der Waals surface area contributed by atoms with E-state index in [0.717, 1.165) is 38.1 Å². The molecule has 1 saturated heterocycles. The van der Waals surface area contributed by atoms with Crippen molar-refractivity contribution in [1.82, 2.24) is 4.90 Å². The summed E-state index contributed by atoms with van der Waals surface area (Å²) in [6, 6.07) is 3.23. The fraction of sp³-hybridized carbons (Fsp3) is 0.385. The summed E-state index contributed by atoms with van der Waals surface area (Å²) in [5, 5.41) is 13.1. The van der Waals surface area contributed by atoms with Gasteiger partial charge >= 0.3 is 5.69 Å².